The first-order chi connectivity index (χ1) is 10.6. The molecule has 0 spiro atoms. The summed E-state index contributed by atoms with van der Waals surface area (Å²) in [5.41, 5.74) is 0.779. The van der Waals surface area contributed by atoms with Crippen LogP contribution >= 0.6 is 0 Å². The van der Waals surface area contributed by atoms with Crippen molar-refractivity contribution in [3.8, 4) is 0 Å². The van der Waals surface area contributed by atoms with E-state index in [1.165, 1.54) is 12.1 Å². The zero-order chi connectivity index (χ0) is 15.6. The Balaban J connectivity index is 1.66. The highest BCUT2D eigenvalue weighted by molar-refractivity contribution is 6.01. The van der Waals surface area contributed by atoms with Crippen LogP contribution in [0.1, 0.15) is 31.2 Å². The van der Waals surface area contributed by atoms with E-state index in [1.807, 2.05) is 0 Å². The number of carbonyl (C=O) groups is 1. The lowest BCUT2D eigenvalue weighted by molar-refractivity contribution is -0.152. The van der Waals surface area contributed by atoms with Crippen LogP contribution in [0.25, 0.3) is 0 Å². The third-order valence-corrected chi connectivity index (χ3v) is 4.45. The molecule has 1 saturated heterocycles. The lowest BCUT2D eigenvalue weighted by atomic mass is 9.75. The van der Waals surface area contributed by atoms with Gasteiger partial charge in [-0.05, 0) is 37.1 Å². The number of piperidine rings is 1. The minimum atomic E-state index is -0.781. The van der Waals surface area contributed by atoms with Crippen LogP contribution in [0.5, 0.6) is 0 Å². The smallest absolute Gasteiger partial charge is 0.311 e. The van der Waals surface area contributed by atoms with E-state index < -0.39 is 11.4 Å². The third kappa shape index (κ3) is 2.97. The second-order valence-electron chi connectivity index (χ2n) is 6.05. The molecule has 118 valence electrons. The van der Waals surface area contributed by atoms with Crippen molar-refractivity contribution in [1.82, 2.24) is 5.32 Å². The molecule has 0 radical (unpaired) electrons. The number of oxime groups is 1. The van der Waals surface area contributed by atoms with Crippen LogP contribution in [0.15, 0.2) is 29.4 Å². The molecular formula is C16H19FN2O3. The fraction of sp³-hybridized carbons (Fsp3) is 0.500. The molecule has 1 aromatic carbocycles. The standard InChI is InChI=1S/C16H19FN2O3/c17-12-4-2-11(3-5-12)14-8-13(22-19-14)9-16(15(20)21)6-1-7-18-10-16/h2-5,13,18H,1,6-10H2,(H,20,21)/t13-,16-/m0/s1. The van der Waals surface area contributed by atoms with E-state index in [9.17, 15) is 14.3 Å². The van der Waals surface area contributed by atoms with Crippen LogP contribution in [0.3, 0.4) is 0 Å². The Morgan fingerprint density at radius 1 is 1.45 bits per heavy atom. The number of carboxylic acids is 1. The van der Waals surface area contributed by atoms with Gasteiger partial charge in [0.05, 0.1) is 11.1 Å². The monoisotopic (exact) mass is 306 g/mol. The Kier molecular flexibility index (Phi) is 4.11. The molecule has 6 heteroatoms. The van der Waals surface area contributed by atoms with Gasteiger partial charge in [0.2, 0.25) is 0 Å². The highest BCUT2D eigenvalue weighted by atomic mass is 19.1. The van der Waals surface area contributed by atoms with E-state index >= 15 is 0 Å². The van der Waals surface area contributed by atoms with E-state index in [2.05, 4.69) is 10.5 Å². The number of nitrogens with zero attached hydrogens (tertiary/aromatic N) is 1. The molecule has 2 N–H and O–H groups in total. The maximum atomic E-state index is 13.0. The summed E-state index contributed by atoms with van der Waals surface area (Å²) in [4.78, 5) is 17.1. The van der Waals surface area contributed by atoms with Crippen LogP contribution < -0.4 is 5.32 Å². The number of rotatable bonds is 4. The second kappa shape index (κ2) is 6.04. The third-order valence-electron chi connectivity index (χ3n) is 4.45. The van der Waals surface area contributed by atoms with Crippen LogP contribution in [0.2, 0.25) is 0 Å². The number of nitrogens with one attached hydrogen (secondary N) is 1. The maximum Gasteiger partial charge on any atom is 0.311 e. The van der Waals surface area contributed by atoms with Gasteiger partial charge in [0.1, 0.15) is 11.9 Å². The van der Waals surface area contributed by atoms with Gasteiger partial charge in [-0.3, -0.25) is 4.79 Å². The molecular weight excluding hydrogens is 287 g/mol. The van der Waals surface area contributed by atoms with E-state index in [0.29, 0.717) is 25.8 Å². The van der Waals surface area contributed by atoms with Crippen LogP contribution in [-0.4, -0.2) is 36.0 Å². The number of carboxylic acid groups (broad SMARTS) is 1. The van der Waals surface area contributed by atoms with Crippen molar-refractivity contribution in [2.75, 3.05) is 13.1 Å². The van der Waals surface area contributed by atoms with Crippen molar-refractivity contribution in [1.29, 1.82) is 0 Å². The van der Waals surface area contributed by atoms with Gasteiger partial charge in [-0.1, -0.05) is 17.3 Å². The van der Waals surface area contributed by atoms with E-state index in [-0.39, 0.29) is 11.9 Å². The van der Waals surface area contributed by atoms with Gasteiger partial charge in [-0.25, -0.2) is 4.39 Å². The first-order valence-corrected chi connectivity index (χ1v) is 7.52. The molecule has 5 nitrogen and oxygen atoms in total. The van der Waals surface area contributed by atoms with Gasteiger partial charge in [-0.2, -0.15) is 0 Å². The molecule has 0 amide bonds. The van der Waals surface area contributed by atoms with Gasteiger partial charge in [0, 0.05) is 19.4 Å². The maximum absolute atomic E-state index is 13.0. The molecule has 0 saturated carbocycles. The minimum absolute atomic E-state index is 0.240. The molecule has 3 rings (SSSR count). The molecule has 2 atom stereocenters. The van der Waals surface area contributed by atoms with Gasteiger partial charge >= 0.3 is 5.97 Å². The van der Waals surface area contributed by atoms with Crippen LogP contribution in [-0.2, 0) is 9.63 Å². The zero-order valence-electron chi connectivity index (χ0n) is 12.2. The van der Waals surface area contributed by atoms with E-state index in [0.717, 1.165) is 24.2 Å². The van der Waals surface area contributed by atoms with Crippen molar-refractivity contribution in [3.63, 3.8) is 0 Å². The van der Waals surface area contributed by atoms with Crippen molar-refractivity contribution in [2.24, 2.45) is 10.6 Å². The van der Waals surface area contributed by atoms with Crippen molar-refractivity contribution >= 4 is 11.7 Å². The Morgan fingerprint density at radius 2 is 2.23 bits per heavy atom. The molecule has 1 aromatic rings. The molecule has 1 fully saturated rings. The highest BCUT2D eigenvalue weighted by Gasteiger charge is 2.43. The molecule has 22 heavy (non-hydrogen) atoms. The summed E-state index contributed by atoms with van der Waals surface area (Å²) in [5.74, 6) is -1.07. The molecule has 2 aliphatic heterocycles. The molecule has 0 aliphatic carbocycles. The fourth-order valence-corrected chi connectivity index (χ4v) is 3.20. The molecule has 0 bridgehead atoms. The van der Waals surface area contributed by atoms with Gasteiger partial charge < -0.3 is 15.3 Å². The Hall–Kier alpha value is -1.95. The molecule has 2 aliphatic rings. The quantitative estimate of drug-likeness (QED) is 0.894. The fourth-order valence-electron chi connectivity index (χ4n) is 3.20. The van der Waals surface area contributed by atoms with Crippen molar-refractivity contribution in [3.05, 3.63) is 35.6 Å². The Bertz CT molecular complexity index is 580. The largest absolute Gasteiger partial charge is 0.481 e. The van der Waals surface area contributed by atoms with Crippen molar-refractivity contribution in [2.45, 2.75) is 31.8 Å². The number of hydrogen-bond acceptors (Lipinski definition) is 4. The number of benzene rings is 1. The SMILES string of the molecule is O=C(O)[C@]1(C[C@@H]2CC(c3ccc(F)cc3)=NO2)CCCNC1. The topological polar surface area (TPSA) is 70.9 Å². The van der Waals surface area contributed by atoms with E-state index in [4.69, 9.17) is 4.84 Å². The van der Waals surface area contributed by atoms with Crippen molar-refractivity contribution < 1.29 is 19.1 Å². The Morgan fingerprint density at radius 3 is 2.86 bits per heavy atom. The molecule has 0 unspecified atom stereocenters. The first-order valence-electron chi connectivity index (χ1n) is 7.52. The zero-order valence-corrected chi connectivity index (χ0v) is 12.2. The number of hydrogen-bond donors (Lipinski definition) is 2. The highest BCUT2D eigenvalue weighted by Crippen LogP contribution is 2.35. The minimum Gasteiger partial charge on any atom is -0.481 e. The lowest BCUT2D eigenvalue weighted by Crippen LogP contribution is -2.47. The number of halogens is 1. The molecule has 0 aromatic heterocycles. The van der Waals surface area contributed by atoms with Gasteiger partial charge in [0.15, 0.2) is 0 Å². The summed E-state index contributed by atoms with van der Waals surface area (Å²) < 4.78 is 13.0. The van der Waals surface area contributed by atoms with Gasteiger partial charge in [-0.15, -0.1) is 0 Å². The molecule has 2 heterocycles. The second-order valence-corrected chi connectivity index (χ2v) is 6.05. The number of aliphatic carboxylic acids is 1. The Labute approximate surface area is 128 Å². The predicted octanol–water partition coefficient (Wildman–Crippen LogP) is 2.16. The summed E-state index contributed by atoms with van der Waals surface area (Å²) >= 11 is 0. The summed E-state index contributed by atoms with van der Waals surface area (Å²) in [6, 6.07) is 6.09. The summed E-state index contributed by atoms with van der Waals surface area (Å²) in [5, 5.41) is 16.8. The summed E-state index contributed by atoms with van der Waals surface area (Å²) in [6.07, 6.45) is 2.26. The predicted molar refractivity (Wildman–Crippen MR) is 79.2 cm³/mol. The first kappa shape index (κ1) is 15.0. The van der Waals surface area contributed by atoms with Crippen LogP contribution in [0, 0.1) is 11.2 Å². The average molecular weight is 306 g/mol. The summed E-state index contributed by atoms with van der Waals surface area (Å²) in [6.45, 7) is 1.33. The van der Waals surface area contributed by atoms with E-state index in [1.54, 1.807) is 12.1 Å². The van der Waals surface area contributed by atoms with Crippen LogP contribution in [0.4, 0.5) is 4.39 Å². The summed E-state index contributed by atoms with van der Waals surface area (Å²) in [7, 11) is 0. The average Bonchev–Trinajstić information content (AvgIpc) is 2.97. The van der Waals surface area contributed by atoms with Gasteiger partial charge in [0.25, 0.3) is 0 Å². The normalized spacial score (nSPS) is 28.0. The lowest BCUT2D eigenvalue weighted by Gasteiger charge is -2.34.